The lowest BCUT2D eigenvalue weighted by molar-refractivity contribution is -0.384. The Morgan fingerprint density at radius 1 is 1.12 bits per heavy atom. The summed E-state index contributed by atoms with van der Waals surface area (Å²) in [5, 5.41) is 19.1. The van der Waals surface area contributed by atoms with Crippen LogP contribution >= 0.6 is 0 Å². The van der Waals surface area contributed by atoms with Gasteiger partial charge in [0.25, 0.3) is 5.69 Å². The number of rotatable bonds is 8. The molecule has 1 aliphatic rings. The molecule has 8 heteroatoms. The summed E-state index contributed by atoms with van der Waals surface area (Å²) in [5.41, 5.74) is 2.82. The minimum absolute atomic E-state index is 0.00729. The molecule has 176 valence electrons. The molecular formula is C26H28N4O4. The Hall–Kier alpha value is -3.81. The highest BCUT2D eigenvalue weighted by atomic mass is 16.6. The number of aromatic nitrogens is 2. The SMILES string of the molecule is CC(C)c1ccc(/C=C/C(=O)N(Cc2nnc(-c3ccc([N+](=O)[O-])cc3)o2)C2CCCC2)cc1. The van der Waals surface area contributed by atoms with Crippen molar-refractivity contribution in [1.82, 2.24) is 15.1 Å². The minimum Gasteiger partial charge on any atom is -0.419 e. The van der Waals surface area contributed by atoms with Gasteiger partial charge in [0.15, 0.2) is 0 Å². The summed E-state index contributed by atoms with van der Waals surface area (Å²) in [6.07, 6.45) is 7.53. The first-order chi connectivity index (χ1) is 16.4. The van der Waals surface area contributed by atoms with Crippen LogP contribution < -0.4 is 0 Å². The molecule has 0 spiro atoms. The van der Waals surface area contributed by atoms with Gasteiger partial charge in [0.2, 0.25) is 17.7 Å². The lowest BCUT2D eigenvalue weighted by atomic mass is 10.0. The van der Waals surface area contributed by atoms with E-state index in [4.69, 9.17) is 4.42 Å². The van der Waals surface area contributed by atoms with E-state index in [0.717, 1.165) is 31.2 Å². The molecule has 1 amide bonds. The van der Waals surface area contributed by atoms with Gasteiger partial charge in [-0.3, -0.25) is 14.9 Å². The van der Waals surface area contributed by atoms with Gasteiger partial charge in [-0.05, 0) is 48.1 Å². The molecule has 3 aromatic rings. The molecule has 1 aliphatic carbocycles. The number of non-ortho nitro benzene ring substituents is 1. The molecule has 1 saturated carbocycles. The van der Waals surface area contributed by atoms with Crippen LogP contribution in [0.4, 0.5) is 5.69 Å². The van der Waals surface area contributed by atoms with Gasteiger partial charge < -0.3 is 9.32 Å². The van der Waals surface area contributed by atoms with Gasteiger partial charge in [0.1, 0.15) is 0 Å². The Morgan fingerprint density at radius 2 is 1.79 bits per heavy atom. The second-order valence-corrected chi connectivity index (χ2v) is 8.86. The van der Waals surface area contributed by atoms with Crippen molar-refractivity contribution in [1.29, 1.82) is 0 Å². The number of hydrogen-bond donors (Lipinski definition) is 0. The number of benzene rings is 2. The maximum Gasteiger partial charge on any atom is 0.269 e. The summed E-state index contributed by atoms with van der Waals surface area (Å²) in [7, 11) is 0. The van der Waals surface area contributed by atoms with E-state index in [9.17, 15) is 14.9 Å². The molecule has 2 aromatic carbocycles. The van der Waals surface area contributed by atoms with Gasteiger partial charge in [-0.15, -0.1) is 10.2 Å². The molecule has 0 atom stereocenters. The van der Waals surface area contributed by atoms with E-state index in [0.29, 0.717) is 17.4 Å². The lowest BCUT2D eigenvalue weighted by Crippen LogP contribution is -2.37. The number of amides is 1. The van der Waals surface area contributed by atoms with Crippen molar-refractivity contribution in [2.24, 2.45) is 0 Å². The zero-order valence-electron chi connectivity index (χ0n) is 19.4. The van der Waals surface area contributed by atoms with Crippen LogP contribution in [-0.2, 0) is 11.3 Å². The average Bonchev–Trinajstić information content (AvgIpc) is 3.54. The molecule has 1 heterocycles. The van der Waals surface area contributed by atoms with Crippen LogP contribution in [0.2, 0.25) is 0 Å². The van der Waals surface area contributed by atoms with Crippen molar-refractivity contribution in [3.63, 3.8) is 0 Å². The normalized spacial score (nSPS) is 14.2. The topological polar surface area (TPSA) is 102 Å². The van der Waals surface area contributed by atoms with Gasteiger partial charge >= 0.3 is 0 Å². The predicted molar refractivity (Wildman–Crippen MR) is 129 cm³/mol. The molecule has 0 N–H and O–H groups in total. The van der Waals surface area contributed by atoms with Gasteiger partial charge in [0, 0.05) is 29.8 Å². The summed E-state index contributed by atoms with van der Waals surface area (Å²) < 4.78 is 5.80. The minimum atomic E-state index is -0.458. The van der Waals surface area contributed by atoms with E-state index in [2.05, 4.69) is 36.2 Å². The number of nitro benzene ring substituents is 1. The van der Waals surface area contributed by atoms with Gasteiger partial charge in [-0.2, -0.15) is 0 Å². The van der Waals surface area contributed by atoms with Crippen molar-refractivity contribution in [3.8, 4) is 11.5 Å². The number of nitrogens with zero attached hydrogens (tertiary/aromatic N) is 4. The zero-order valence-corrected chi connectivity index (χ0v) is 19.4. The number of nitro groups is 1. The zero-order chi connectivity index (χ0) is 24.1. The first-order valence-electron chi connectivity index (χ1n) is 11.6. The van der Waals surface area contributed by atoms with Crippen LogP contribution in [0.1, 0.15) is 62.5 Å². The van der Waals surface area contributed by atoms with Crippen LogP contribution in [0.3, 0.4) is 0 Å². The van der Waals surface area contributed by atoms with Crippen molar-refractivity contribution in [3.05, 3.63) is 81.7 Å². The molecule has 1 aromatic heterocycles. The Labute approximate surface area is 198 Å². The monoisotopic (exact) mass is 460 g/mol. The van der Waals surface area contributed by atoms with Gasteiger partial charge in [0.05, 0.1) is 11.5 Å². The Bertz CT molecular complexity index is 1160. The van der Waals surface area contributed by atoms with Gasteiger partial charge in [-0.25, -0.2) is 0 Å². The Kier molecular flexibility index (Phi) is 7.15. The highest BCUT2D eigenvalue weighted by Crippen LogP contribution is 2.27. The largest absolute Gasteiger partial charge is 0.419 e. The number of carbonyl (C=O) groups is 1. The van der Waals surface area contributed by atoms with Crippen LogP contribution in [0.5, 0.6) is 0 Å². The third kappa shape index (κ3) is 5.57. The van der Waals surface area contributed by atoms with Crippen molar-refractivity contribution < 1.29 is 14.1 Å². The fourth-order valence-electron chi connectivity index (χ4n) is 4.16. The molecule has 8 nitrogen and oxygen atoms in total. The van der Waals surface area contributed by atoms with E-state index in [-0.39, 0.29) is 30.1 Å². The summed E-state index contributed by atoms with van der Waals surface area (Å²) >= 11 is 0. The maximum absolute atomic E-state index is 13.1. The molecule has 34 heavy (non-hydrogen) atoms. The molecule has 0 saturated heterocycles. The van der Waals surface area contributed by atoms with Crippen LogP contribution in [0, 0.1) is 10.1 Å². The molecule has 0 unspecified atom stereocenters. The molecule has 1 fully saturated rings. The number of carbonyl (C=O) groups excluding carboxylic acids is 1. The number of hydrogen-bond acceptors (Lipinski definition) is 6. The summed E-state index contributed by atoms with van der Waals surface area (Å²) in [4.78, 5) is 25.4. The van der Waals surface area contributed by atoms with Crippen LogP contribution in [0.25, 0.3) is 17.5 Å². The lowest BCUT2D eigenvalue weighted by Gasteiger charge is -2.26. The van der Waals surface area contributed by atoms with Crippen molar-refractivity contribution in [2.75, 3.05) is 0 Å². The summed E-state index contributed by atoms with van der Waals surface area (Å²) in [5.74, 6) is 0.977. The van der Waals surface area contributed by atoms with Crippen LogP contribution in [0.15, 0.2) is 59.0 Å². The average molecular weight is 461 g/mol. The van der Waals surface area contributed by atoms with Crippen LogP contribution in [-0.4, -0.2) is 32.0 Å². The quantitative estimate of drug-likeness (QED) is 0.241. The first kappa shape index (κ1) is 23.4. The summed E-state index contributed by atoms with van der Waals surface area (Å²) in [6.45, 7) is 4.52. The third-order valence-corrected chi connectivity index (χ3v) is 6.17. The predicted octanol–water partition coefficient (Wildman–Crippen LogP) is 5.75. The Balaban J connectivity index is 1.48. The van der Waals surface area contributed by atoms with E-state index < -0.39 is 4.92 Å². The molecule has 4 rings (SSSR count). The molecule has 0 aliphatic heterocycles. The first-order valence-corrected chi connectivity index (χ1v) is 11.6. The van der Waals surface area contributed by atoms with Crippen molar-refractivity contribution in [2.45, 2.75) is 58.0 Å². The second kappa shape index (κ2) is 10.4. The smallest absolute Gasteiger partial charge is 0.269 e. The maximum atomic E-state index is 13.1. The molecule has 0 radical (unpaired) electrons. The van der Waals surface area contributed by atoms with E-state index in [1.807, 2.05) is 18.2 Å². The molecular weight excluding hydrogens is 432 g/mol. The summed E-state index contributed by atoms with van der Waals surface area (Å²) in [6, 6.07) is 14.3. The highest BCUT2D eigenvalue weighted by molar-refractivity contribution is 5.92. The third-order valence-electron chi connectivity index (χ3n) is 6.17. The standard InChI is InChI=1S/C26H28N4O4/c1-18(2)20-10-7-19(8-11-20)9-16-25(31)29(22-5-3-4-6-22)17-24-27-28-26(34-24)21-12-14-23(15-13-21)30(32)33/h7-16,18,22H,3-6,17H2,1-2H3/b16-9+. The van der Waals surface area contributed by atoms with Crippen molar-refractivity contribution >= 4 is 17.7 Å². The highest BCUT2D eigenvalue weighted by Gasteiger charge is 2.27. The Morgan fingerprint density at radius 3 is 2.41 bits per heavy atom. The van der Waals surface area contributed by atoms with Gasteiger partial charge in [-0.1, -0.05) is 51.0 Å². The second-order valence-electron chi connectivity index (χ2n) is 8.86. The van der Waals surface area contributed by atoms with E-state index in [1.54, 1.807) is 23.1 Å². The fourth-order valence-corrected chi connectivity index (χ4v) is 4.16. The van der Waals surface area contributed by atoms with E-state index >= 15 is 0 Å². The van der Waals surface area contributed by atoms with E-state index in [1.165, 1.54) is 17.7 Å². The fraction of sp³-hybridized carbons (Fsp3) is 0.346. The molecule has 0 bridgehead atoms.